The molecule has 1 N–H and O–H groups in total. The van der Waals surface area contributed by atoms with Crippen LogP contribution in [0.2, 0.25) is 0 Å². The maximum atomic E-state index is 12.4. The highest BCUT2D eigenvalue weighted by Gasteiger charge is 2.43. The van der Waals surface area contributed by atoms with Gasteiger partial charge >= 0.3 is 5.97 Å². The number of hydrogen-bond acceptors (Lipinski definition) is 3. The van der Waals surface area contributed by atoms with Crippen molar-refractivity contribution < 1.29 is 14.7 Å². The lowest BCUT2D eigenvalue weighted by Gasteiger charge is -2.26. The van der Waals surface area contributed by atoms with Gasteiger partial charge in [-0.2, -0.15) is 5.26 Å². The predicted octanol–water partition coefficient (Wildman–Crippen LogP) is 2.56. The molecule has 21 heavy (non-hydrogen) atoms. The second-order valence-corrected chi connectivity index (χ2v) is 5.58. The fourth-order valence-electron chi connectivity index (χ4n) is 2.83. The van der Waals surface area contributed by atoms with Gasteiger partial charge in [-0.05, 0) is 37.1 Å². The van der Waals surface area contributed by atoms with E-state index in [-0.39, 0.29) is 12.3 Å². The number of nitrogens with zero attached hydrogens (tertiary/aromatic N) is 2. The largest absolute Gasteiger partial charge is 0.481 e. The lowest BCUT2D eigenvalue weighted by Crippen LogP contribution is -2.36. The van der Waals surface area contributed by atoms with E-state index in [0.717, 1.165) is 12.8 Å². The van der Waals surface area contributed by atoms with Gasteiger partial charge in [0.05, 0.1) is 17.0 Å². The first-order valence-corrected chi connectivity index (χ1v) is 6.99. The van der Waals surface area contributed by atoms with Gasteiger partial charge in [0.2, 0.25) is 5.91 Å². The van der Waals surface area contributed by atoms with Crippen LogP contribution in [-0.2, 0) is 9.59 Å². The molecule has 1 aromatic carbocycles. The van der Waals surface area contributed by atoms with E-state index in [4.69, 9.17) is 5.26 Å². The van der Waals surface area contributed by atoms with Crippen LogP contribution in [0.15, 0.2) is 24.3 Å². The first kappa shape index (κ1) is 15.0. The van der Waals surface area contributed by atoms with E-state index in [2.05, 4.69) is 0 Å². The molecular formula is C16H18N2O3. The topological polar surface area (TPSA) is 81.4 Å². The second-order valence-electron chi connectivity index (χ2n) is 5.58. The van der Waals surface area contributed by atoms with Crippen LogP contribution < -0.4 is 4.90 Å². The van der Waals surface area contributed by atoms with Gasteiger partial charge in [-0.3, -0.25) is 9.59 Å². The van der Waals surface area contributed by atoms with E-state index in [1.165, 1.54) is 4.90 Å². The highest BCUT2D eigenvalue weighted by atomic mass is 16.4. The highest BCUT2D eigenvalue weighted by molar-refractivity contribution is 5.96. The van der Waals surface area contributed by atoms with Gasteiger partial charge in [0.15, 0.2) is 0 Å². The Morgan fingerprint density at radius 1 is 1.29 bits per heavy atom. The number of carboxylic acid groups (broad SMARTS) is 1. The number of anilines is 1. The zero-order chi connectivity index (χ0) is 15.5. The van der Waals surface area contributed by atoms with E-state index in [1.54, 1.807) is 31.3 Å². The van der Waals surface area contributed by atoms with Crippen molar-refractivity contribution in [3.63, 3.8) is 0 Å². The van der Waals surface area contributed by atoms with Crippen LogP contribution in [-0.4, -0.2) is 24.0 Å². The third kappa shape index (κ3) is 3.05. The number of aliphatic carboxylic acids is 1. The lowest BCUT2D eigenvalue weighted by atomic mass is 9.82. The minimum atomic E-state index is -0.905. The quantitative estimate of drug-likeness (QED) is 0.922. The predicted molar refractivity (Wildman–Crippen MR) is 77.7 cm³/mol. The summed E-state index contributed by atoms with van der Waals surface area (Å²) in [7, 11) is 1.63. The molecule has 5 heteroatoms. The number of nitriles is 1. The summed E-state index contributed by atoms with van der Waals surface area (Å²) in [6.07, 6.45) is 2.88. The Morgan fingerprint density at radius 2 is 1.86 bits per heavy atom. The SMILES string of the molecule is CN(C(=O)CC1(C(=O)O)CCCC1)c1ccc(C#N)cc1. The van der Waals surface area contributed by atoms with Crippen LogP contribution in [0.4, 0.5) is 5.69 Å². The molecule has 0 bridgehead atoms. The Labute approximate surface area is 123 Å². The van der Waals surface area contributed by atoms with Gasteiger partial charge in [-0.15, -0.1) is 0 Å². The highest BCUT2D eigenvalue weighted by Crippen LogP contribution is 2.41. The van der Waals surface area contributed by atoms with Gasteiger partial charge < -0.3 is 10.0 Å². The van der Waals surface area contributed by atoms with Crippen LogP contribution in [0.1, 0.15) is 37.7 Å². The van der Waals surface area contributed by atoms with Crippen molar-refractivity contribution in [3.8, 4) is 6.07 Å². The summed E-state index contributed by atoms with van der Waals surface area (Å²) in [5.74, 6) is -1.08. The van der Waals surface area contributed by atoms with Crippen molar-refractivity contribution in [1.82, 2.24) is 0 Å². The van der Waals surface area contributed by atoms with Crippen LogP contribution >= 0.6 is 0 Å². The normalized spacial score (nSPS) is 16.2. The van der Waals surface area contributed by atoms with Gasteiger partial charge in [-0.1, -0.05) is 12.8 Å². The number of carbonyl (C=O) groups excluding carboxylic acids is 1. The Bertz CT molecular complexity index is 581. The molecule has 0 saturated heterocycles. The van der Waals surface area contributed by atoms with E-state index in [1.807, 2.05) is 6.07 Å². The number of benzene rings is 1. The minimum Gasteiger partial charge on any atom is -0.481 e. The Kier molecular flexibility index (Phi) is 4.27. The lowest BCUT2D eigenvalue weighted by molar-refractivity contribution is -0.151. The first-order valence-electron chi connectivity index (χ1n) is 6.99. The zero-order valence-corrected chi connectivity index (χ0v) is 12.0. The smallest absolute Gasteiger partial charge is 0.310 e. The van der Waals surface area contributed by atoms with Crippen molar-refractivity contribution >= 4 is 17.6 Å². The molecule has 5 nitrogen and oxygen atoms in total. The average Bonchev–Trinajstić information content (AvgIpc) is 2.96. The first-order chi connectivity index (χ1) is 9.98. The molecule has 2 rings (SSSR count). The number of carboxylic acids is 1. The van der Waals surface area contributed by atoms with Crippen molar-refractivity contribution in [3.05, 3.63) is 29.8 Å². The Hall–Kier alpha value is -2.35. The van der Waals surface area contributed by atoms with E-state index >= 15 is 0 Å². The van der Waals surface area contributed by atoms with Crippen molar-refractivity contribution in [2.75, 3.05) is 11.9 Å². The van der Waals surface area contributed by atoms with Crippen molar-refractivity contribution in [1.29, 1.82) is 5.26 Å². The molecule has 0 atom stereocenters. The molecule has 0 heterocycles. The van der Waals surface area contributed by atoms with Gasteiger partial charge in [-0.25, -0.2) is 0 Å². The van der Waals surface area contributed by atoms with Crippen molar-refractivity contribution in [2.45, 2.75) is 32.1 Å². The standard InChI is InChI=1S/C16H18N2O3/c1-18(13-6-4-12(11-17)5-7-13)14(19)10-16(15(20)21)8-2-3-9-16/h4-7H,2-3,8-10H2,1H3,(H,20,21). The maximum absolute atomic E-state index is 12.4. The molecule has 1 fully saturated rings. The third-order valence-corrected chi connectivity index (χ3v) is 4.26. The summed E-state index contributed by atoms with van der Waals surface area (Å²) in [6.45, 7) is 0. The molecule has 1 amide bonds. The second kappa shape index (κ2) is 5.96. The minimum absolute atomic E-state index is 0.0266. The van der Waals surface area contributed by atoms with Gasteiger partial charge in [0.1, 0.15) is 0 Å². The molecule has 1 aliphatic carbocycles. The van der Waals surface area contributed by atoms with Gasteiger partial charge in [0.25, 0.3) is 0 Å². The Balaban J connectivity index is 2.11. The van der Waals surface area contributed by atoms with Crippen LogP contribution in [0.3, 0.4) is 0 Å². The summed E-state index contributed by atoms with van der Waals surface area (Å²) in [5.41, 5.74) is 0.285. The maximum Gasteiger partial charge on any atom is 0.310 e. The van der Waals surface area contributed by atoms with Gasteiger partial charge in [0, 0.05) is 19.2 Å². The summed E-state index contributed by atoms with van der Waals surface area (Å²) < 4.78 is 0. The van der Waals surface area contributed by atoms with E-state index < -0.39 is 11.4 Å². The molecular weight excluding hydrogens is 268 g/mol. The van der Waals surface area contributed by atoms with E-state index in [0.29, 0.717) is 24.1 Å². The molecule has 1 saturated carbocycles. The molecule has 1 aliphatic rings. The molecule has 0 aromatic heterocycles. The molecule has 1 aromatic rings. The van der Waals surface area contributed by atoms with Crippen LogP contribution in [0.25, 0.3) is 0 Å². The zero-order valence-electron chi connectivity index (χ0n) is 12.0. The summed E-state index contributed by atoms with van der Waals surface area (Å²) >= 11 is 0. The third-order valence-electron chi connectivity index (χ3n) is 4.26. The van der Waals surface area contributed by atoms with Crippen LogP contribution in [0.5, 0.6) is 0 Å². The fourth-order valence-corrected chi connectivity index (χ4v) is 2.83. The molecule has 110 valence electrons. The summed E-state index contributed by atoms with van der Waals surface area (Å²) in [5, 5.41) is 18.2. The number of carbonyl (C=O) groups is 2. The van der Waals surface area contributed by atoms with E-state index in [9.17, 15) is 14.7 Å². The number of hydrogen-bond donors (Lipinski definition) is 1. The molecule has 0 unspecified atom stereocenters. The Morgan fingerprint density at radius 3 is 2.33 bits per heavy atom. The number of rotatable bonds is 4. The molecule has 0 radical (unpaired) electrons. The van der Waals surface area contributed by atoms with Crippen molar-refractivity contribution in [2.24, 2.45) is 5.41 Å². The number of amides is 1. The molecule has 0 spiro atoms. The molecule has 0 aliphatic heterocycles. The average molecular weight is 286 g/mol. The summed E-state index contributed by atoms with van der Waals surface area (Å²) in [4.78, 5) is 25.3. The fraction of sp³-hybridized carbons (Fsp3) is 0.438. The van der Waals surface area contributed by atoms with Crippen LogP contribution in [0, 0.1) is 16.7 Å². The monoisotopic (exact) mass is 286 g/mol. The summed E-state index contributed by atoms with van der Waals surface area (Å²) in [6, 6.07) is 8.69.